The average Bonchev–Trinajstić information content (AvgIpc) is 3.15. The summed E-state index contributed by atoms with van der Waals surface area (Å²) in [5.74, 6) is 0.396. The van der Waals surface area contributed by atoms with Gasteiger partial charge in [0.15, 0.2) is 11.6 Å². The molecule has 6 nitrogen and oxygen atoms in total. The fourth-order valence-electron chi connectivity index (χ4n) is 2.60. The SMILES string of the molecule is CCc1noc(CN(C)C(=O)c2ccccc2C(=O)c2ccc(Cl)cc2)n1. The Morgan fingerprint density at radius 3 is 2.37 bits per heavy atom. The molecule has 1 aromatic heterocycles. The third-order valence-electron chi connectivity index (χ3n) is 4.05. The standard InChI is InChI=1S/C20H18ClN3O3/c1-3-17-22-18(27-23-17)12-24(2)20(26)16-7-5-4-6-15(16)19(25)13-8-10-14(21)11-9-13/h4-11H,3,12H2,1-2H3. The molecule has 0 saturated carbocycles. The molecular formula is C20H18ClN3O3. The Morgan fingerprint density at radius 2 is 1.74 bits per heavy atom. The molecule has 0 aliphatic rings. The molecule has 0 atom stereocenters. The lowest BCUT2D eigenvalue weighted by atomic mass is 9.97. The topological polar surface area (TPSA) is 76.3 Å². The van der Waals surface area contributed by atoms with Crippen LogP contribution in [0.5, 0.6) is 0 Å². The van der Waals surface area contributed by atoms with Gasteiger partial charge in [-0.25, -0.2) is 0 Å². The van der Waals surface area contributed by atoms with Gasteiger partial charge in [0.05, 0.1) is 12.1 Å². The average molecular weight is 384 g/mol. The molecule has 0 radical (unpaired) electrons. The van der Waals surface area contributed by atoms with Crippen LogP contribution in [0.4, 0.5) is 0 Å². The highest BCUT2D eigenvalue weighted by Gasteiger charge is 2.22. The second-order valence-electron chi connectivity index (χ2n) is 6.00. The van der Waals surface area contributed by atoms with Crippen LogP contribution < -0.4 is 0 Å². The molecule has 0 spiro atoms. The smallest absolute Gasteiger partial charge is 0.254 e. The first kappa shape index (κ1) is 18.8. The fraction of sp³-hybridized carbons (Fsp3) is 0.200. The van der Waals surface area contributed by atoms with Gasteiger partial charge in [0.25, 0.3) is 5.91 Å². The molecule has 2 aromatic carbocycles. The quantitative estimate of drug-likeness (QED) is 0.605. The number of ketones is 1. The number of nitrogens with zero attached hydrogens (tertiary/aromatic N) is 3. The van der Waals surface area contributed by atoms with E-state index in [1.165, 1.54) is 4.90 Å². The van der Waals surface area contributed by atoms with Crippen molar-refractivity contribution >= 4 is 23.3 Å². The molecule has 1 heterocycles. The molecule has 3 aromatic rings. The van der Waals surface area contributed by atoms with E-state index in [9.17, 15) is 9.59 Å². The van der Waals surface area contributed by atoms with Crippen LogP contribution in [-0.2, 0) is 13.0 Å². The van der Waals surface area contributed by atoms with Gasteiger partial charge in [0, 0.05) is 29.6 Å². The number of amides is 1. The second kappa shape index (κ2) is 8.14. The maximum absolute atomic E-state index is 12.9. The summed E-state index contributed by atoms with van der Waals surface area (Å²) < 4.78 is 5.14. The van der Waals surface area contributed by atoms with Crippen molar-refractivity contribution in [2.75, 3.05) is 7.05 Å². The number of rotatable bonds is 6. The summed E-state index contributed by atoms with van der Waals surface area (Å²) >= 11 is 5.88. The van der Waals surface area contributed by atoms with Gasteiger partial charge in [-0.1, -0.05) is 41.9 Å². The van der Waals surface area contributed by atoms with Crippen LogP contribution in [-0.4, -0.2) is 33.8 Å². The van der Waals surface area contributed by atoms with E-state index in [4.69, 9.17) is 16.1 Å². The van der Waals surface area contributed by atoms with Crippen LogP contribution in [0, 0.1) is 0 Å². The Kier molecular flexibility index (Phi) is 5.66. The van der Waals surface area contributed by atoms with Crippen LogP contribution in [0.15, 0.2) is 53.1 Å². The van der Waals surface area contributed by atoms with Gasteiger partial charge in [-0.15, -0.1) is 0 Å². The zero-order valence-electron chi connectivity index (χ0n) is 15.0. The van der Waals surface area contributed by atoms with Crippen molar-refractivity contribution in [1.29, 1.82) is 0 Å². The summed E-state index contributed by atoms with van der Waals surface area (Å²) in [5.41, 5.74) is 1.11. The largest absolute Gasteiger partial charge is 0.337 e. The predicted octanol–water partition coefficient (Wildman–Crippen LogP) is 3.79. The maximum atomic E-state index is 12.9. The van der Waals surface area contributed by atoms with Crippen LogP contribution in [0.1, 0.15) is 44.9 Å². The zero-order chi connectivity index (χ0) is 19.4. The van der Waals surface area contributed by atoms with Crippen molar-refractivity contribution in [2.24, 2.45) is 0 Å². The van der Waals surface area contributed by atoms with Gasteiger partial charge in [0.2, 0.25) is 5.89 Å². The van der Waals surface area contributed by atoms with E-state index in [0.29, 0.717) is 39.8 Å². The Balaban J connectivity index is 1.84. The number of aryl methyl sites for hydroxylation is 1. The van der Waals surface area contributed by atoms with E-state index >= 15 is 0 Å². The van der Waals surface area contributed by atoms with Crippen molar-refractivity contribution in [3.8, 4) is 0 Å². The zero-order valence-corrected chi connectivity index (χ0v) is 15.7. The van der Waals surface area contributed by atoms with Crippen molar-refractivity contribution in [3.63, 3.8) is 0 Å². The number of benzene rings is 2. The summed E-state index contributed by atoms with van der Waals surface area (Å²) in [5, 5.41) is 4.37. The Hall–Kier alpha value is -2.99. The summed E-state index contributed by atoms with van der Waals surface area (Å²) in [6.45, 7) is 2.08. The lowest BCUT2D eigenvalue weighted by Crippen LogP contribution is -2.28. The monoisotopic (exact) mass is 383 g/mol. The lowest BCUT2D eigenvalue weighted by Gasteiger charge is -2.17. The molecule has 3 rings (SSSR count). The first-order valence-electron chi connectivity index (χ1n) is 8.45. The van der Waals surface area contributed by atoms with Crippen molar-refractivity contribution in [3.05, 3.63) is 82.0 Å². The molecule has 0 saturated heterocycles. The Labute approximate surface area is 161 Å². The summed E-state index contributed by atoms with van der Waals surface area (Å²) in [6, 6.07) is 13.3. The van der Waals surface area contributed by atoms with E-state index in [-0.39, 0.29) is 18.2 Å². The van der Waals surface area contributed by atoms with E-state index in [1.54, 1.807) is 55.6 Å². The van der Waals surface area contributed by atoms with Crippen LogP contribution in [0.2, 0.25) is 5.02 Å². The van der Waals surface area contributed by atoms with Crippen molar-refractivity contribution in [2.45, 2.75) is 19.9 Å². The maximum Gasteiger partial charge on any atom is 0.254 e. The number of hydrogen-bond acceptors (Lipinski definition) is 5. The number of carbonyl (C=O) groups is 2. The number of hydrogen-bond donors (Lipinski definition) is 0. The molecule has 7 heteroatoms. The van der Waals surface area contributed by atoms with E-state index in [2.05, 4.69) is 10.1 Å². The molecule has 0 N–H and O–H groups in total. The van der Waals surface area contributed by atoms with Crippen molar-refractivity contribution in [1.82, 2.24) is 15.0 Å². The normalized spacial score (nSPS) is 10.6. The van der Waals surface area contributed by atoms with Crippen LogP contribution >= 0.6 is 11.6 Å². The van der Waals surface area contributed by atoms with Crippen molar-refractivity contribution < 1.29 is 14.1 Å². The molecule has 0 fully saturated rings. The first-order chi connectivity index (χ1) is 13.0. The predicted molar refractivity (Wildman–Crippen MR) is 101 cm³/mol. The third-order valence-corrected chi connectivity index (χ3v) is 4.31. The van der Waals surface area contributed by atoms with E-state index in [0.717, 1.165) is 0 Å². The fourth-order valence-corrected chi connectivity index (χ4v) is 2.73. The summed E-state index contributed by atoms with van der Waals surface area (Å²) in [4.78, 5) is 31.4. The molecule has 0 aliphatic heterocycles. The lowest BCUT2D eigenvalue weighted by molar-refractivity contribution is 0.0765. The molecule has 27 heavy (non-hydrogen) atoms. The Morgan fingerprint density at radius 1 is 1.07 bits per heavy atom. The van der Waals surface area contributed by atoms with Crippen LogP contribution in [0.3, 0.4) is 0 Å². The highest BCUT2D eigenvalue weighted by atomic mass is 35.5. The number of halogens is 1. The van der Waals surface area contributed by atoms with Gasteiger partial charge in [-0.2, -0.15) is 4.98 Å². The molecule has 1 amide bonds. The van der Waals surface area contributed by atoms with Crippen LogP contribution in [0.25, 0.3) is 0 Å². The molecule has 0 unspecified atom stereocenters. The van der Waals surface area contributed by atoms with Gasteiger partial charge in [0.1, 0.15) is 0 Å². The Bertz CT molecular complexity index is 967. The minimum Gasteiger partial charge on any atom is -0.337 e. The van der Waals surface area contributed by atoms with Gasteiger partial charge >= 0.3 is 0 Å². The molecule has 138 valence electrons. The molecule has 0 bridgehead atoms. The third kappa shape index (κ3) is 4.23. The summed E-state index contributed by atoms with van der Waals surface area (Å²) in [7, 11) is 1.63. The van der Waals surface area contributed by atoms with E-state index < -0.39 is 0 Å². The summed E-state index contributed by atoms with van der Waals surface area (Å²) in [6.07, 6.45) is 0.652. The minimum atomic E-state index is -0.302. The van der Waals surface area contributed by atoms with Gasteiger partial charge < -0.3 is 9.42 Å². The molecular weight excluding hydrogens is 366 g/mol. The second-order valence-corrected chi connectivity index (χ2v) is 6.44. The van der Waals surface area contributed by atoms with Gasteiger partial charge in [-0.05, 0) is 30.3 Å². The highest BCUT2D eigenvalue weighted by molar-refractivity contribution is 6.30. The minimum absolute atomic E-state index is 0.162. The highest BCUT2D eigenvalue weighted by Crippen LogP contribution is 2.19. The number of carbonyl (C=O) groups excluding carboxylic acids is 2. The van der Waals surface area contributed by atoms with E-state index in [1.807, 2.05) is 6.92 Å². The first-order valence-corrected chi connectivity index (χ1v) is 8.83. The number of aromatic nitrogens is 2. The van der Waals surface area contributed by atoms with Gasteiger partial charge in [-0.3, -0.25) is 9.59 Å². The molecule has 0 aliphatic carbocycles.